The van der Waals surface area contributed by atoms with Gasteiger partial charge in [0.25, 0.3) is 5.91 Å². The second-order valence-electron chi connectivity index (χ2n) is 9.71. The number of benzene rings is 2. The van der Waals surface area contributed by atoms with E-state index in [9.17, 15) is 4.79 Å². The lowest BCUT2D eigenvalue weighted by Gasteiger charge is -2.26. The van der Waals surface area contributed by atoms with Gasteiger partial charge in [0.15, 0.2) is 5.82 Å². The Balaban J connectivity index is 1.37. The first-order chi connectivity index (χ1) is 17.9. The Morgan fingerprint density at radius 3 is 2.54 bits per heavy atom. The van der Waals surface area contributed by atoms with Crippen molar-refractivity contribution in [3.8, 4) is 11.4 Å². The van der Waals surface area contributed by atoms with Gasteiger partial charge in [-0.15, -0.1) is 5.10 Å². The molecular weight excluding hydrogens is 466 g/mol. The predicted octanol–water partition coefficient (Wildman–Crippen LogP) is 5.09. The van der Waals surface area contributed by atoms with Crippen molar-refractivity contribution < 1.29 is 9.53 Å². The molecule has 1 aromatic heterocycles. The van der Waals surface area contributed by atoms with E-state index in [-0.39, 0.29) is 12.1 Å². The summed E-state index contributed by atoms with van der Waals surface area (Å²) in [6, 6.07) is 11.6. The van der Waals surface area contributed by atoms with Crippen LogP contribution in [-0.2, 0) is 11.8 Å². The van der Waals surface area contributed by atoms with Crippen molar-refractivity contribution in [2.75, 3.05) is 17.2 Å². The Kier molecular flexibility index (Phi) is 7.05. The molecule has 1 unspecified atom stereocenters. The molecule has 3 aromatic rings. The number of ether oxygens (including phenoxy) is 1. The molecule has 2 aromatic carbocycles. The minimum atomic E-state index is -0.0586. The molecule has 2 aliphatic rings. The van der Waals surface area contributed by atoms with E-state index in [2.05, 4.69) is 27.6 Å². The number of carbonyl (C=O) groups excluding carboxylic acids is 1. The molecule has 1 atom stereocenters. The molecule has 1 saturated carbocycles. The topological polar surface area (TPSA) is 117 Å². The summed E-state index contributed by atoms with van der Waals surface area (Å²) in [6.07, 6.45) is 6.54. The second kappa shape index (κ2) is 10.6. The van der Waals surface area contributed by atoms with Crippen LogP contribution in [-0.4, -0.2) is 45.8 Å². The Morgan fingerprint density at radius 1 is 1.14 bits per heavy atom. The average Bonchev–Trinajstić information content (AvgIpc) is 3.65. The van der Waals surface area contributed by atoms with Crippen LogP contribution in [0.15, 0.2) is 43.0 Å². The van der Waals surface area contributed by atoms with E-state index in [4.69, 9.17) is 15.1 Å². The smallest absolute Gasteiger partial charge is 0.251 e. The Bertz CT molecular complexity index is 1320. The first-order valence-electron chi connectivity index (χ1n) is 12.7. The van der Waals surface area contributed by atoms with E-state index in [0.29, 0.717) is 23.4 Å². The van der Waals surface area contributed by atoms with Crippen LogP contribution in [0.2, 0.25) is 0 Å². The van der Waals surface area contributed by atoms with Gasteiger partial charge in [-0.25, -0.2) is 4.68 Å². The third kappa shape index (κ3) is 5.56. The van der Waals surface area contributed by atoms with E-state index in [1.807, 2.05) is 38.2 Å². The molecule has 37 heavy (non-hydrogen) atoms. The first-order valence-corrected chi connectivity index (χ1v) is 12.7. The molecule has 5 rings (SSSR count). The van der Waals surface area contributed by atoms with Gasteiger partial charge in [-0.2, -0.15) is 4.98 Å². The molecule has 0 bridgehead atoms. The van der Waals surface area contributed by atoms with Gasteiger partial charge in [0.2, 0.25) is 5.95 Å². The van der Waals surface area contributed by atoms with E-state index < -0.39 is 0 Å². The van der Waals surface area contributed by atoms with Crippen LogP contribution in [0.25, 0.3) is 17.0 Å². The van der Waals surface area contributed by atoms with Crippen molar-refractivity contribution in [3.05, 3.63) is 59.7 Å². The predicted molar refractivity (Wildman–Crippen MR) is 146 cm³/mol. The quantitative estimate of drug-likeness (QED) is 0.305. The van der Waals surface area contributed by atoms with Gasteiger partial charge in [0.05, 0.1) is 0 Å². The number of aromatic nitrogens is 3. The highest BCUT2D eigenvalue weighted by molar-refractivity contribution is 5.97. The average molecular weight is 500 g/mol. The molecular formula is C28H33N7O2. The number of carbonyl (C=O) groups is 1. The van der Waals surface area contributed by atoms with Gasteiger partial charge in [0, 0.05) is 59.5 Å². The number of allylic oxidation sites excluding steroid dienone is 1. The fraction of sp³-hybridized carbons (Fsp3) is 0.357. The zero-order valence-electron chi connectivity index (χ0n) is 21.3. The number of nitrogens with zero attached hydrogens (tertiary/aromatic N) is 3. The summed E-state index contributed by atoms with van der Waals surface area (Å²) < 4.78 is 7.52. The number of hydrogen-bond acceptors (Lipinski definition) is 7. The zero-order valence-corrected chi connectivity index (χ0v) is 21.3. The Hall–Kier alpha value is -3.98. The van der Waals surface area contributed by atoms with E-state index in [0.717, 1.165) is 72.3 Å². The van der Waals surface area contributed by atoms with Crippen LogP contribution in [0.1, 0.15) is 60.5 Å². The first kappa shape index (κ1) is 24.7. The summed E-state index contributed by atoms with van der Waals surface area (Å²) in [6.45, 7) is 6.84. The van der Waals surface area contributed by atoms with Gasteiger partial charge in [-0.3, -0.25) is 4.79 Å². The maximum absolute atomic E-state index is 12.3. The second-order valence-corrected chi connectivity index (χ2v) is 9.71. The lowest BCUT2D eigenvalue weighted by atomic mass is 9.98. The van der Waals surface area contributed by atoms with Crippen molar-refractivity contribution in [3.63, 3.8) is 0 Å². The minimum Gasteiger partial charge on any atom is -0.360 e. The largest absolute Gasteiger partial charge is 0.360 e. The third-order valence-corrected chi connectivity index (χ3v) is 6.64. The molecule has 2 fully saturated rings. The highest BCUT2D eigenvalue weighted by Crippen LogP contribution is 2.34. The number of nitrogens with one attached hydrogen (secondary N) is 4. The van der Waals surface area contributed by atoms with Crippen LogP contribution in [0.3, 0.4) is 0 Å². The normalized spacial score (nSPS) is 17.2. The highest BCUT2D eigenvalue weighted by Gasteiger charge is 2.24. The minimum absolute atomic E-state index is 0.0484. The fourth-order valence-corrected chi connectivity index (χ4v) is 4.49. The molecule has 192 valence electrons. The molecule has 1 saturated heterocycles. The third-order valence-electron chi connectivity index (χ3n) is 6.64. The van der Waals surface area contributed by atoms with Crippen LogP contribution in [0.5, 0.6) is 0 Å². The standard InChI is InChI=1S/C28H33N7O2/c1-17(2)25-21(16-29)22(31-24-6-4-5-15-37-24)13-14-23(25)32-28-33-26(34-35(28)3)18-7-9-19(10-8-18)27(36)30-20-11-12-20/h7-10,13-14,16,20,24,29,31H,1,4-6,11-12,15H2,2-3H3,(H,30,36)(H,32,33,34). The number of aryl methyl sites for hydroxylation is 1. The van der Waals surface area contributed by atoms with Gasteiger partial charge in [0.1, 0.15) is 6.23 Å². The highest BCUT2D eigenvalue weighted by atomic mass is 16.5. The van der Waals surface area contributed by atoms with Crippen molar-refractivity contribution >= 4 is 35.0 Å². The summed E-state index contributed by atoms with van der Waals surface area (Å²) in [7, 11) is 1.82. The summed E-state index contributed by atoms with van der Waals surface area (Å²) in [5, 5.41) is 22.5. The monoisotopic (exact) mass is 499 g/mol. The summed E-state index contributed by atoms with van der Waals surface area (Å²) in [5.41, 5.74) is 5.49. The molecule has 2 heterocycles. The van der Waals surface area contributed by atoms with E-state index in [1.165, 1.54) is 6.21 Å². The summed E-state index contributed by atoms with van der Waals surface area (Å²) >= 11 is 0. The summed E-state index contributed by atoms with van der Waals surface area (Å²) in [5.74, 6) is 1.06. The van der Waals surface area contributed by atoms with Crippen LogP contribution in [0.4, 0.5) is 17.3 Å². The molecule has 1 aliphatic heterocycles. The van der Waals surface area contributed by atoms with Gasteiger partial charge in [-0.1, -0.05) is 18.7 Å². The maximum atomic E-state index is 12.3. The summed E-state index contributed by atoms with van der Waals surface area (Å²) in [4.78, 5) is 17.0. The fourth-order valence-electron chi connectivity index (χ4n) is 4.49. The molecule has 4 N–H and O–H groups in total. The van der Waals surface area contributed by atoms with Gasteiger partial charge in [-0.05, 0) is 68.9 Å². The van der Waals surface area contributed by atoms with Crippen molar-refractivity contribution in [2.45, 2.75) is 51.3 Å². The number of hydrogen-bond donors (Lipinski definition) is 4. The number of amides is 1. The lowest BCUT2D eigenvalue weighted by molar-refractivity contribution is 0.0343. The van der Waals surface area contributed by atoms with E-state index in [1.54, 1.807) is 16.8 Å². The molecule has 9 heteroatoms. The van der Waals surface area contributed by atoms with Crippen LogP contribution >= 0.6 is 0 Å². The zero-order chi connectivity index (χ0) is 25.9. The number of anilines is 3. The van der Waals surface area contributed by atoms with Gasteiger partial charge >= 0.3 is 0 Å². The maximum Gasteiger partial charge on any atom is 0.251 e. The van der Waals surface area contributed by atoms with Crippen molar-refractivity contribution in [2.24, 2.45) is 7.05 Å². The molecule has 0 spiro atoms. The SMILES string of the molecule is C=C(C)c1c(Nc2nc(-c3ccc(C(=O)NC4CC4)cc3)nn2C)ccc(NC2CCCCO2)c1C=N. The lowest BCUT2D eigenvalue weighted by Crippen LogP contribution is -2.27. The van der Waals surface area contributed by atoms with Crippen molar-refractivity contribution in [1.82, 2.24) is 20.1 Å². The van der Waals surface area contributed by atoms with Gasteiger partial charge < -0.3 is 26.1 Å². The molecule has 0 radical (unpaired) electrons. The molecule has 1 aliphatic carbocycles. The molecule has 1 amide bonds. The molecule has 9 nitrogen and oxygen atoms in total. The van der Waals surface area contributed by atoms with Crippen molar-refractivity contribution in [1.29, 1.82) is 5.41 Å². The van der Waals surface area contributed by atoms with Crippen LogP contribution < -0.4 is 16.0 Å². The van der Waals surface area contributed by atoms with E-state index >= 15 is 0 Å². The Morgan fingerprint density at radius 2 is 1.89 bits per heavy atom. The van der Waals surface area contributed by atoms with Crippen LogP contribution in [0, 0.1) is 5.41 Å². The Labute approximate surface area is 216 Å². The number of rotatable bonds is 9.